The predicted molar refractivity (Wildman–Crippen MR) is 124 cm³/mol. The second-order valence-corrected chi connectivity index (χ2v) is 6.18. The van der Waals surface area contributed by atoms with E-state index in [1.807, 2.05) is 12.3 Å². The van der Waals surface area contributed by atoms with Gasteiger partial charge >= 0.3 is 0 Å². The Bertz CT molecular complexity index is 758. The topological polar surface area (TPSA) is 58.4 Å². The Labute approximate surface area is 179 Å². The molecule has 1 aromatic carbocycles. The monoisotopic (exact) mass is 482 g/mol. The van der Waals surface area contributed by atoms with Gasteiger partial charge in [0.25, 0.3) is 0 Å². The molecule has 0 fully saturated rings. The number of nitrogens with one attached hydrogen (secondary N) is 2. The number of halogens is 1. The zero-order valence-electron chi connectivity index (χ0n) is 16.3. The van der Waals surface area contributed by atoms with Crippen molar-refractivity contribution in [3.63, 3.8) is 0 Å². The van der Waals surface area contributed by atoms with Gasteiger partial charge in [-0.05, 0) is 43.4 Å². The first kappa shape index (κ1) is 23.2. The first-order valence-electron chi connectivity index (χ1n) is 9.49. The highest BCUT2D eigenvalue weighted by Gasteiger charge is 2.01. The van der Waals surface area contributed by atoms with Gasteiger partial charge in [-0.25, -0.2) is 4.99 Å². The minimum absolute atomic E-state index is 0. The summed E-state index contributed by atoms with van der Waals surface area (Å²) in [6, 6.07) is 13.7. The van der Waals surface area contributed by atoms with Crippen LogP contribution in [0.4, 0.5) is 0 Å². The molecule has 0 unspecified atom stereocenters. The number of aryl methyl sites for hydroxylation is 2. The van der Waals surface area contributed by atoms with Crippen LogP contribution in [-0.2, 0) is 19.5 Å². The Hall–Kier alpha value is -1.83. The highest BCUT2D eigenvalue weighted by Crippen LogP contribution is 2.10. The molecule has 0 saturated heterocycles. The lowest BCUT2D eigenvalue weighted by Gasteiger charge is -2.12. The molecule has 0 aliphatic rings. The molecule has 0 amide bonds. The molecule has 1 heterocycles. The first-order chi connectivity index (χ1) is 12.7. The van der Waals surface area contributed by atoms with E-state index in [1.54, 1.807) is 16.7 Å². The van der Waals surface area contributed by atoms with Crippen LogP contribution in [0, 0.1) is 0 Å². The molecule has 0 saturated carbocycles. The summed E-state index contributed by atoms with van der Waals surface area (Å²) >= 11 is 0. The Balaban J connectivity index is 0.00000364. The zero-order chi connectivity index (χ0) is 18.6. The lowest BCUT2D eigenvalue weighted by molar-refractivity contribution is 0.585. The van der Waals surface area contributed by atoms with Gasteiger partial charge in [-0.1, -0.05) is 37.3 Å². The van der Waals surface area contributed by atoms with Crippen LogP contribution in [0.2, 0.25) is 0 Å². The Morgan fingerprint density at radius 3 is 2.44 bits per heavy atom. The number of benzene rings is 1. The van der Waals surface area contributed by atoms with E-state index in [1.165, 1.54) is 11.1 Å². The zero-order valence-corrected chi connectivity index (χ0v) is 18.6. The molecule has 2 rings (SSSR count). The maximum absolute atomic E-state index is 11.7. The largest absolute Gasteiger partial charge is 0.357 e. The molecule has 5 nitrogen and oxygen atoms in total. The summed E-state index contributed by atoms with van der Waals surface area (Å²) in [5, 5.41) is 6.67. The maximum Gasteiger partial charge on any atom is 0.250 e. The number of aromatic nitrogens is 1. The van der Waals surface area contributed by atoms with Crippen molar-refractivity contribution < 1.29 is 0 Å². The van der Waals surface area contributed by atoms with Crippen LogP contribution in [-0.4, -0.2) is 23.6 Å². The summed E-state index contributed by atoms with van der Waals surface area (Å²) < 4.78 is 1.75. The molecule has 0 spiro atoms. The molecule has 2 aromatic rings. The van der Waals surface area contributed by atoms with Crippen molar-refractivity contribution in [3.8, 4) is 0 Å². The SMILES string of the molecule is CCNC(=NCc1ccccc1CC)NCCCCn1ccccc1=O.I. The van der Waals surface area contributed by atoms with Gasteiger partial charge in [0.2, 0.25) is 5.56 Å². The minimum Gasteiger partial charge on any atom is -0.357 e. The van der Waals surface area contributed by atoms with Crippen molar-refractivity contribution in [2.24, 2.45) is 4.99 Å². The third-order valence-electron chi connectivity index (χ3n) is 4.27. The molecule has 0 atom stereocenters. The van der Waals surface area contributed by atoms with Gasteiger partial charge in [0.1, 0.15) is 0 Å². The van der Waals surface area contributed by atoms with Crippen molar-refractivity contribution in [2.45, 2.75) is 46.2 Å². The molecule has 0 aliphatic carbocycles. The standard InChI is InChI=1S/C21H30N4O.HI/c1-3-18-11-5-6-12-19(18)17-24-21(22-4-2)23-14-8-10-16-25-15-9-7-13-20(25)26;/h5-7,9,11-13,15H,3-4,8,10,14,16-17H2,1-2H3,(H2,22,23,24);1H. The summed E-state index contributed by atoms with van der Waals surface area (Å²) in [6.45, 7) is 7.34. The lowest BCUT2D eigenvalue weighted by atomic mass is 10.1. The molecule has 1 aromatic heterocycles. The lowest BCUT2D eigenvalue weighted by Crippen LogP contribution is -2.37. The number of nitrogens with zero attached hydrogens (tertiary/aromatic N) is 2. The summed E-state index contributed by atoms with van der Waals surface area (Å²) in [6.07, 6.45) is 4.80. The summed E-state index contributed by atoms with van der Waals surface area (Å²) in [4.78, 5) is 16.4. The fraction of sp³-hybridized carbons (Fsp3) is 0.429. The van der Waals surface area contributed by atoms with Crippen molar-refractivity contribution in [1.29, 1.82) is 0 Å². The van der Waals surface area contributed by atoms with Crippen LogP contribution in [0.1, 0.15) is 37.8 Å². The smallest absolute Gasteiger partial charge is 0.250 e. The van der Waals surface area contributed by atoms with E-state index in [-0.39, 0.29) is 29.5 Å². The third kappa shape index (κ3) is 8.15. The van der Waals surface area contributed by atoms with Gasteiger partial charge in [-0.2, -0.15) is 0 Å². The second kappa shape index (κ2) is 13.4. The molecule has 0 aliphatic heterocycles. The van der Waals surface area contributed by atoms with E-state index >= 15 is 0 Å². The van der Waals surface area contributed by atoms with E-state index in [4.69, 9.17) is 4.99 Å². The Morgan fingerprint density at radius 2 is 1.74 bits per heavy atom. The molecule has 0 radical (unpaired) electrons. The number of hydrogen-bond acceptors (Lipinski definition) is 2. The minimum atomic E-state index is 0. The van der Waals surface area contributed by atoms with Gasteiger partial charge in [-0.15, -0.1) is 24.0 Å². The number of pyridine rings is 1. The number of hydrogen-bond donors (Lipinski definition) is 2. The van der Waals surface area contributed by atoms with Gasteiger partial charge in [0.05, 0.1) is 6.54 Å². The molecule has 2 N–H and O–H groups in total. The number of rotatable bonds is 9. The van der Waals surface area contributed by atoms with Gasteiger partial charge < -0.3 is 15.2 Å². The van der Waals surface area contributed by atoms with E-state index in [2.05, 4.69) is 48.7 Å². The normalized spacial score (nSPS) is 11.0. The van der Waals surface area contributed by atoms with E-state index < -0.39 is 0 Å². The van der Waals surface area contributed by atoms with Crippen LogP contribution < -0.4 is 16.2 Å². The molecule has 148 valence electrons. The quantitative estimate of drug-likeness (QED) is 0.249. The van der Waals surface area contributed by atoms with Gasteiger partial charge in [0.15, 0.2) is 5.96 Å². The third-order valence-corrected chi connectivity index (χ3v) is 4.27. The maximum atomic E-state index is 11.7. The van der Waals surface area contributed by atoms with Crippen molar-refractivity contribution >= 4 is 29.9 Å². The average molecular weight is 482 g/mol. The van der Waals surface area contributed by atoms with Crippen LogP contribution in [0.5, 0.6) is 0 Å². The van der Waals surface area contributed by atoms with Crippen molar-refractivity contribution in [2.75, 3.05) is 13.1 Å². The average Bonchev–Trinajstić information content (AvgIpc) is 2.67. The summed E-state index contributed by atoms with van der Waals surface area (Å²) in [5.74, 6) is 0.843. The van der Waals surface area contributed by atoms with Crippen LogP contribution >= 0.6 is 24.0 Å². The first-order valence-corrected chi connectivity index (χ1v) is 9.49. The molecular formula is C21H31IN4O. The number of unbranched alkanes of at least 4 members (excludes halogenated alkanes) is 1. The highest BCUT2D eigenvalue weighted by atomic mass is 127. The molecule has 0 bridgehead atoms. The van der Waals surface area contributed by atoms with Gasteiger partial charge in [0, 0.05) is 31.9 Å². The number of aliphatic imine (C=N–C) groups is 1. The summed E-state index contributed by atoms with van der Waals surface area (Å²) in [5.41, 5.74) is 2.68. The van der Waals surface area contributed by atoms with E-state index in [0.29, 0.717) is 6.54 Å². The second-order valence-electron chi connectivity index (χ2n) is 6.18. The molecule has 6 heteroatoms. The van der Waals surface area contributed by atoms with Gasteiger partial charge in [-0.3, -0.25) is 4.79 Å². The Kier molecular flexibility index (Phi) is 11.5. The van der Waals surface area contributed by atoms with Crippen LogP contribution in [0.15, 0.2) is 58.4 Å². The fourth-order valence-corrected chi connectivity index (χ4v) is 2.82. The van der Waals surface area contributed by atoms with Crippen molar-refractivity contribution in [3.05, 3.63) is 70.1 Å². The predicted octanol–water partition coefficient (Wildman–Crippen LogP) is 3.56. The molecular weight excluding hydrogens is 451 g/mol. The van der Waals surface area contributed by atoms with Crippen LogP contribution in [0.3, 0.4) is 0 Å². The van der Waals surface area contributed by atoms with Crippen molar-refractivity contribution in [1.82, 2.24) is 15.2 Å². The Morgan fingerprint density at radius 1 is 1.00 bits per heavy atom. The highest BCUT2D eigenvalue weighted by molar-refractivity contribution is 14.0. The van der Waals surface area contributed by atoms with Crippen LogP contribution in [0.25, 0.3) is 0 Å². The summed E-state index contributed by atoms with van der Waals surface area (Å²) in [7, 11) is 0. The fourth-order valence-electron chi connectivity index (χ4n) is 2.82. The molecule has 27 heavy (non-hydrogen) atoms. The number of guanidine groups is 1. The van der Waals surface area contributed by atoms with E-state index in [0.717, 1.165) is 44.9 Å². The van der Waals surface area contributed by atoms with E-state index in [9.17, 15) is 4.79 Å².